The van der Waals surface area contributed by atoms with Crippen molar-refractivity contribution in [2.75, 3.05) is 6.54 Å². The highest BCUT2D eigenvalue weighted by molar-refractivity contribution is 6.00. The highest BCUT2D eigenvalue weighted by Crippen LogP contribution is 2.23. The normalized spacial score (nSPS) is 14.0. The van der Waals surface area contributed by atoms with Crippen molar-refractivity contribution in [1.82, 2.24) is 9.88 Å². The molecule has 0 N–H and O–H groups in total. The lowest BCUT2D eigenvalue weighted by Gasteiger charge is -2.26. The third kappa shape index (κ3) is 2.38. The number of allylic oxidation sites excluding steroid dienone is 2. The average molecular weight is 262 g/mol. The van der Waals surface area contributed by atoms with Gasteiger partial charge in [0.2, 0.25) is 0 Å². The molecule has 98 valence electrons. The Morgan fingerprint density at radius 3 is 2.70 bits per heavy atom. The second-order valence-electron chi connectivity index (χ2n) is 4.50. The molecule has 0 unspecified atom stereocenters. The molecule has 1 aliphatic rings. The van der Waals surface area contributed by atoms with Crippen molar-refractivity contribution in [2.24, 2.45) is 0 Å². The molecule has 0 atom stereocenters. The van der Waals surface area contributed by atoms with Crippen molar-refractivity contribution in [3.05, 3.63) is 84.2 Å². The molecule has 0 saturated heterocycles. The van der Waals surface area contributed by atoms with Crippen molar-refractivity contribution in [3.63, 3.8) is 0 Å². The van der Waals surface area contributed by atoms with Crippen LogP contribution in [0.25, 0.3) is 5.70 Å². The summed E-state index contributed by atoms with van der Waals surface area (Å²) in [6.45, 7) is 0.578. The molecule has 2 heterocycles. The fourth-order valence-electron chi connectivity index (χ4n) is 2.21. The molecule has 3 nitrogen and oxygen atoms in total. The molecule has 1 aliphatic heterocycles. The van der Waals surface area contributed by atoms with Gasteiger partial charge in [-0.2, -0.15) is 0 Å². The van der Waals surface area contributed by atoms with Crippen LogP contribution in [0.3, 0.4) is 0 Å². The predicted octanol–water partition coefficient (Wildman–Crippen LogP) is 3.13. The molecular weight excluding hydrogens is 248 g/mol. The second-order valence-corrected chi connectivity index (χ2v) is 4.50. The molecule has 0 spiro atoms. The summed E-state index contributed by atoms with van der Waals surface area (Å²) in [6, 6.07) is 13.5. The van der Waals surface area contributed by atoms with Crippen LogP contribution in [0.1, 0.15) is 15.9 Å². The molecule has 3 heteroatoms. The van der Waals surface area contributed by atoms with Crippen LogP contribution in [-0.2, 0) is 0 Å². The molecule has 1 aromatic carbocycles. The number of carbonyl (C=O) groups is 1. The maximum atomic E-state index is 12.6. The minimum absolute atomic E-state index is 0.0300. The van der Waals surface area contributed by atoms with Crippen LogP contribution >= 0.6 is 0 Å². The Hall–Kier alpha value is -2.68. The van der Waals surface area contributed by atoms with Gasteiger partial charge in [0, 0.05) is 18.9 Å². The second kappa shape index (κ2) is 5.53. The zero-order chi connectivity index (χ0) is 13.8. The Morgan fingerprint density at radius 2 is 1.95 bits per heavy atom. The largest absolute Gasteiger partial charge is 0.304 e. The third-order valence-corrected chi connectivity index (χ3v) is 3.19. The van der Waals surface area contributed by atoms with Crippen LogP contribution in [0.5, 0.6) is 0 Å². The average Bonchev–Trinajstić information content (AvgIpc) is 2.56. The fraction of sp³-hybridized carbons (Fsp3) is 0.0588. The molecule has 0 fully saturated rings. The van der Waals surface area contributed by atoms with Crippen LogP contribution in [0.4, 0.5) is 0 Å². The Labute approximate surface area is 117 Å². The molecule has 0 aliphatic carbocycles. The smallest absolute Gasteiger partial charge is 0.260 e. The van der Waals surface area contributed by atoms with E-state index in [1.54, 1.807) is 29.4 Å². The number of hydrogen-bond acceptors (Lipinski definition) is 2. The SMILES string of the molecule is O=C(c1cccnc1)N1CC=CC=C1c1ccccc1. The lowest BCUT2D eigenvalue weighted by molar-refractivity contribution is 0.0846. The van der Waals surface area contributed by atoms with E-state index in [1.807, 2.05) is 48.6 Å². The van der Waals surface area contributed by atoms with Gasteiger partial charge in [-0.25, -0.2) is 0 Å². The number of carbonyl (C=O) groups excluding carboxylic acids is 1. The summed E-state index contributed by atoms with van der Waals surface area (Å²) >= 11 is 0. The minimum atomic E-state index is -0.0300. The van der Waals surface area contributed by atoms with E-state index in [-0.39, 0.29) is 5.91 Å². The summed E-state index contributed by atoms with van der Waals surface area (Å²) in [4.78, 5) is 18.4. The van der Waals surface area contributed by atoms with Gasteiger partial charge in [0.05, 0.1) is 11.3 Å². The first-order chi connectivity index (χ1) is 9.86. The summed E-state index contributed by atoms with van der Waals surface area (Å²) in [7, 11) is 0. The zero-order valence-corrected chi connectivity index (χ0v) is 10.9. The molecule has 20 heavy (non-hydrogen) atoms. The molecule has 0 bridgehead atoms. The van der Waals surface area contributed by atoms with Crippen molar-refractivity contribution < 1.29 is 4.79 Å². The summed E-state index contributed by atoms with van der Waals surface area (Å²) in [6.07, 6.45) is 9.19. The summed E-state index contributed by atoms with van der Waals surface area (Å²) < 4.78 is 0. The van der Waals surface area contributed by atoms with Crippen LogP contribution in [0, 0.1) is 0 Å². The van der Waals surface area contributed by atoms with E-state index in [4.69, 9.17) is 0 Å². The van der Waals surface area contributed by atoms with E-state index >= 15 is 0 Å². The first-order valence-corrected chi connectivity index (χ1v) is 6.50. The van der Waals surface area contributed by atoms with Crippen molar-refractivity contribution in [2.45, 2.75) is 0 Å². The van der Waals surface area contributed by atoms with Crippen LogP contribution < -0.4 is 0 Å². The zero-order valence-electron chi connectivity index (χ0n) is 10.9. The predicted molar refractivity (Wildman–Crippen MR) is 78.8 cm³/mol. The monoisotopic (exact) mass is 262 g/mol. The van der Waals surface area contributed by atoms with Gasteiger partial charge >= 0.3 is 0 Å². The quantitative estimate of drug-likeness (QED) is 0.833. The summed E-state index contributed by atoms with van der Waals surface area (Å²) in [5.74, 6) is -0.0300. The van der Waals surface area contributed by atoms with Gasteiger partial charge in [0.25, 0.3) is 5.91 Å². The van der Waals surface area contributed by atoms with Gasteiger partial charge in [0.1, 0.15) is 0 Å². The number of amides is 1. The first kappa shape index (κ1) is 12.4. The van der Waals surface area contributed by atoms with E-state index in [1.165, 1.54) is 0 Å². The summed E-state index contributed by atoms with van der Waals surface area (Å²) in [5, 5.41) is 0. The maximum Gasteiger partial charge on any atom is 0.260 e. The fourth-order valence-corrected chi connectivity index (χ4v) is 2.21. The van der Waals surface area contributed by atoms with E-state index < -0.39 is 0 Å². The van der Waals surface area contributed by atoms with E-state index in [0.29, 0.717) is 12.1 Å². The number of hydrogen-bond donors (Lipinski definition) is 0. The summed E-state index contributed by atoms with van der Waals surface area (Å²) in [5.41, 5.74) is 2.56. The van der Waals surface area contributed by atoms with Gasteiger partial charge in [-0.1, -0.05) is 42.5 Å². The number of pyridine rings is 1. The molecule has 1 amide bonds. The van der Waals surface area contributed by atoms with Crippen molar-refractivity contribution in [1.29, 1.82) is 0 Å². The van der Waals surface area contributed by atoms with Gasteiger partial charge in [-0.05, 0) is 23.8 Å². The van der Waals surface area contributed by atoms with Gasteiger partial charge in [0.15, 0.2) is 0 Å². The Balaban J connectivity index is 1.95. The van der Waals surface area contributed by atoms with Crippen molar-refractivity contribution in [3.8, 4) is 0 Å². The number of rotatable bonds is 2. The molecule has 0 saturated carbocycles. The van der Waals surface area contributed by atoms with Crippen LogP contribution in [0.15, 0.2) is 73.1 Å². The molecule has 3 rings (SSSR count). The van der Waals surface area contributed by atoms with E-state index in [2.05, 4.69) is 4.98 Å². The van der Waals surface area contributed by atoms with Crippen molar-refractivity contribution >= 4 is 11.6 Å². The third-order valence-electron chi connectivity index (χ3n) is 3.19. The maximum absolute atomic E-state index is 12.6. The van der Waals surface area contributed by atoms with E-state index in [0.717, 1.165) is 11.3 Å². The number of aromatic nitrogens is 1. The van der Waals surface area contributed by atoms with Gasteiger partial charge in [-0.15, -0.1) is 0 Å². The lowest BCUT2D eigenvalue weighted by Crippen LogP contribution is -2.31. The minimum Gasteiger partial charge on any atom is -0.304 e. The van der Waals surface area contributed by atoms with Gasteiger partial charge in [-0.3, -0.25) is 9.78 Å². The molecule has 0 radical (unpaired) electrons. The number of benzene rings is 1. The molecule has 2 aromatic rings. The topological polar surface area (TPSA) is 33.2 Å². The lowest BCUT2D eigenvalue weighted by atomic mass is 10.1. The number of nitrogens with zero attached hydrogens (tertiary/aromatic N) is 2. The highest BCUT2D eigenvalue weighted by Gasteiger charge is 2.21. The van der Waals surface area contributed by atoms with Gasteiger partial charge < -0.3 is 4.90 Å². The first-order valence-electron chi connectivity index (χ1n) is 6.50. The van der Waals surface area contributed by atoms with E-state index in [9.17, 15) is 4.79 Å². The Kier molecular flexibility index (Phi) is 3.42. The molecular formula is C17H14N2O. The Morgan fingerprint density at radius 1 is 1.10 bits per heavy atom. The van der Waals surface area contributed by atoms with Crippen LogP contribution in [-0.4, -0.2) is 22.3 Å². The Bertz CT molecular complexity index is 660. The standard InChI is InChI=1S/C17H14N2O/c20-17(15-9-6-11-18-13-15)19-12-5-4-10-16(19)14-7-2-1-3-8-14/h1-11,13H,12H2. The highest BCUT2D eigenvalue weighted by atomic mass is 16.2. The molecule has 1 aromatic heterocycles. The van der Waals surface area contributed by atoms with Crippen LogP contribution in [0.2, 0.25) is 0 Å².